The summed E-state index contributed by atoms with van der Waals surface area (Å²) in [6.45, 7) is 3.03. The van der Waals surface area contributed by atoms with Gasteiger partial charge in [-0.25, -0.2) is 0 Å². The molecule has 0 bridgehead atoms. The van der Waals surface area contributed by atoms with Crippen LogP contribution in [-0.2, 0) is 4.74 Å². The van der Waals surface area contributed by atoms with Crippen LogP contribution in [0.5, 0.6) is 0 Å². The van der Waals surface area contributed by atoms with Gasteiger partial charge in [0, 0.05) is 18.7 Å². The first-order chi connectivity index (χ1) is 7.24. The van der Waals surface area contributed by atoms with Gasteiger partial charge >= 0.3 is 0 Å². The van der Waals surface area contributed by atoms with Crippen molar-refractivity contribution in [3.05, 3.63) is 0 Å². The van der Waals surface area contributed by atoms with Gasteiger partial charge in [-0.05, 0) is 45.4 Å². The Balaban J connectivity index is 1.75. The van der Waals surface area contributed by atoms with Crippen LogP contribution in [0.2, 0.25) is 0 Å². The van der Waals surface area contributed by atoms with E-state index in [1.807, 2.05) is 0 Å². The highest BCUT2D eigenvalue weighted by Gasteiger charge is 2.25. The lowest BCUT2D eigenvalue weighted by molar-refractivity contribution is 0.00789. The van der Waals surface area contributed by atoms with Gasteiger partial charge in [-0.2, -0.15) is 0 Å². The van der Waals surface area contributed by atoms with E-state index >= 15 is 0 Å². The highest BCUT2D eigenvalue weighted by Crippen LogP contribution is 2.21. The molecule has 1 heterocycles. The summed E-state index contributed by atoms with van der Waals surface area (Å²) in [5.41, 5.74) is 0. The number of hydrogen-bond acceptors (Lipinski definition) is 3. The molecule has 0 radical (unpaired) electrons. The van der Waals surface area contributed by atoms with Crippen molar-refractivity contribution in [3.63, 3.8) is 0 Å². The Kier molecular flexibility index (Phi) is 4.00. The van der Waals surface area contributed by atoms with Crippen molar-refractivity contribution in [2.75, 3.05) is 6.61 Å². The fourth-order valence-corrected chi connectivity index (χ4v) is 2.80. The molecule has 2 aliphatic rings. The molecule has 0 amide bonds. The summed E-state index contributed by atoms with van der Waals surface area (Å²) in [6.07, 6.45) is 6.87. The predicted molar refractivity (Wildman–Crippen MR) is 59.8 cm³/mol. The summed E-state index contributed by atoms with van der Waals surface area (Å²) >= 11 is 0. The van der Waals surface area contributed by atoms with E-state index in [1.54, 1.807) is 0 Å². The minimum Gasteiger partial charge on any atom is -0.393 e. The summed E-state index contributed by atoms with van der Waals surface area (Å²) < 4.78 is 5.53. The van der Waals surface area contributed by atoms with Gasteiger partial charge in [-0.1, -0.05) is 0 Å². The Morgan fingerprint density at radius 2 is 1.93 bits per heavy atom. The molecule has 1 saturated heterocycles. The Hall–Kier alpha value is -0.120. The molecule has 0 spiro atoms. The molecular weight excluding hydrogens is 190 g/mol. The number of aliphatic hydroxyl groups excluding tert-OH is 1. The maximum atomic E-state index is 9.60. The number of rotatable bonds is 2. The molecule has 3 nitrogen and oxygen atoms in total. The van der Waals surface area contributed by atoms with Gasteiger partial charge in [0.05, 0.1) is 12.2 Å². The quantitative estimate of drug-likeness (QED) is 0.729. The topological polar surface area (TPSA) is 41.5 Å². The van der Waals surface area contributed by atoms with Gasteiger partial charge in [-0.3, -0.25) is 0 Å². The Labute approximate surface area is 92.2 Å². The second kappa shape index (κ2) is 5.28. The second-order valence-corrected chi connectivity index (χ2v) is 5.09. The minimum absolute atomic E-state index is 0.0754. The van der Waals surface area contributed by atoms with Gasteiger partial charge in [0.2, 0.25) is 0 Å². The molecule has 0 aromatic heterocycles. The van der Waals surface area contributed by atoms with Gasteiger partial charge in [-0.15, -0.1) is 0 Å². The number of ether oxygens (including phenoxy) is 1. The first kappa shape index (κ1) is 11.4. The van der Waals surface area contributed by atoms with E-state index in [0.717, 1.165) is 38.7 Å². The lowest BCUT2D eigenvalue weighted by atomic mass is 9.91. The average molecular weight is 213 g/mol. The van der Waals surface area contributed by atoms with Crippen molar-refractivity contribution < 1.29 is 9.84 Å². The van der Waals surface area contributed by atoms with Gasteiger partial charge in [0.25, 0.3) is 0 Å². The monoisotopic (exact) mass is 213 g/mol. The molecule has 4 atom stereocenters. The van der Waals surface area contributed by atoms with E-state index in [-0.39, 0.29) is 6.10 Å². The average Bonchev–Trinajstić information content (AvgIpc) is 2.17. The van der Waals surface area contributed by atoms with Crippen molar-refractivity contribution in [1.29, 1.82) is 0 Å². The van der Waals surface area contributed by atoms with Crippen LogP contribution >= 0.6 is 0 Å². The van der Waals surface area contributed by atoms with Crippen molar-refractivity contribution >= 4 is 0 Å². The highest BCUT2D eigenvalue weighted by molar-refractivity contribution is 4.83. The second-order valence-electron chi connectivity index (χ2n) is 5.09. The molecule has 2 rings (SSSR count). The Bertz CT molecular complexity index is 178. The van der Waals surface area contributed by atoms with E-state index in [1.165, 1.54) is 6.42 Å². The first-order valence-corrected chi connectivity index (χ1v) is 6.30. The molecule has 1 saturated carbocycles. The lowest BCUT2D eigenvalue weighted by Crippen LogP contribution is -2.46. The standard InChI is InChI=1S/C12H23NO2/c1-9-7-11(5-6-15-9)13-10-3-2-4-12(14)8-10/h9-14H,2-8H2,1H3. The summed E-state index contributed by atoms with van der Waals surface area (Å²) in [5.74, 6) is 0. The number of aliphatic hydroxyl groups is 1. The normalized spacial score (nSPS) is 42.8. The van der Waals surface area contributed by atoms with Gasteiger partial charge < -0.3 is 15.2 Å². The van der Waals surface area contributed by atoms with Gasteiger partial charge in [0.15, 0.2) is 0 Å². The van der Waals surface area contributed by atoms with Crippen LogP contribution in [0.25, 0.3) is 0 Å². The van der Waals surface area contributed by atoms with Crippen molar-refractivity contribution in [3.8, 4) is 0 Å². The molecular formula is C12H23NO2. The van der Waals surface area contributed by atoms with Crippen molar-refractivity contribution in [2.45, 2.75) is 69.7 Å². The van der Waals surface area contributed by atoms with Crippen LogP contribution in [0, 0.1) is 0 Å². The molecule has 0 aromatic carbocycles. The third-order valence-electron chi connectivity index (χ3n) is 3.60. The van der Waals surface area contributed by atoms with E-state index in [2.05, 4.69) is 12.2 Å². The zero-order valence-electron chi connectivity index (χ0n) is 9.61. The van der Waals surface area contributed by atoms with Crippen LogP contribution in [0.3, 0.4) is 0 Å². The molecule has 15 heavy (non-hydrogen) atoms. The summed E-state index contributed by atoms with van der Waals surface area (Å²) in [4.78, 5) is 0. The zero-order chi connectivity index (χ0) is 10.7. The molecule has 2 N–H and O–H groups in total. The molecule has 88 valence electrons. The van der Waals surface area contributed by atoms with Crippen LogP contribution in [0.4, 0.5) is 0 Å². The van der Waals surface area contributed by atoms with Crippen molar-refractivity contribution in [1.82, 2.24) is 5.32 Å². The predicted octanol–water partition coefficient (Wildman–Crippen LogP) is 1.45. The highest BCUT2D eigenvalue weighted by atomic mass is 16.5. The molecule has 0 aromatic rings. The molecule has 1 aliphatic carbocycles. The maximum Gasteiger partial charge on any atom is 0.0561 e. The zero-order valence-corrected chi connectivity index (χ0v) is 9.61. The van der Waals surface area contributed by atoms with Crippen LogP contribution in [-0.4, -0.2) is 36.0 Å². The maximum absolute atomic E-state index is 9.60. The number of nitrogens with one attached hydrogen (secondary N) is 1. The van der Waals surface area contributed by atoms with E-state index in [9.17, 15) is 5.11 Å². The largest absolute Gasteiger partial charge is 0.393 e. The molecule has 3 heteroatoms. The number of hydrogen-bond donors (Lipinski definition) is 2. The lowest BCUT2D eigenvalue weighted by Gasteiger charge is -2.34. The molecule has 1 aliphatic heterocycles. The fourth-order valence-electron chi connectivity index (χ4n) is 2.80. The first-order valence-electron chi connectivity index (χ1n) is 6.30. The summed E-state index contributed by atoms with van der Waals surface area (Å²) in [6, 6.07) is 1.13. The third kappa shape index (κ3) is 3.44. The van der Waals surface area contributed by atoms with E-state index < -0.39 is 0 Å². The van der Waals surface area contributed by atoms with Crippen molar-refractivity contribution in [2.24, 2.45) is 0 Å². The van der Waals surface area contributed by atoms with Crippen LogP contribution in [0.15, 0.2) is 0 Å². The minimum atomic E-state index is -0.0754. The summed E-state index contributed by atoms with van der Waals surface area (Å²) in [7, 11) is 0. The van der Waals surface area contributed by atoms with E-state index in [4.69, 9.17) is 4.74 Å². The Morgan fingerprint density at radius 1 is 1.13 bits per heavy atom. The molecule has 2 fully saturated rings. The molecule has 4 unspecified atom stereocenters. The van der Waals surface area contributed by atoms with Gasteiger partial charge in [0.1, 0.15) is 0 Å². The SMILES string of the molecule is CC1CC(NC2CCCC(O)C2)CCO1. The van der Waals surface area contributed by atoms with E-state index in [0.29, 0.717) is 18.2 Å². The smallest absolute Gasteiger partial charge is 0.0561 e. The Morgan fingerprint density at radius 3 is 2.67 bits per heavy atom. The fraction of sp³-hybridized carbons (Fsp3) is 1.00. The summed E-state index contributed by atoms with van der Waals surface area (Å²) in [5, 5.41) is 13.3. The van der Waals surface area contributed by atoms with Crippen LogP contribution < -0.4 is 5.32 Å². The van der Waals surface area contributed by atoms with Crippen LogP contribution in [0.1, 0.15) is 45.4 Å². The third-order valence-corrected chi connectivity index (χ3v) is 3.60.